The molecule has 0 aliphatic carbocycles. The van der Waals surface area contributed by atoms with Crippen LogP contribution in [0, 0.1) is 19.8 Å². The number of nitrogens with zero attached hydrogens (tertiary/aromatic N) is 2. The summed E-state index contributed by atoms with van der Waals surface area (Å²) in [6, 6.07) is 5.77. The molecule has 7 heteroatoms. The molecule has 0 saturated heterocycles. The smallest absolute Gasteiger partial charge is 0.357 e. The Balaban J connectivity index is 2.13. The Bertz CT molecular complexity index is 802. The molecule has 0 radical (unpaired) electrons. The van der Waals surface area contributed by atoms with Crippen LogP contribution >= 0.6 is 11.3 Å². The number of aromatic nitrogens is 1. The van der Waals surface area contributed by atoms with E-state index in [-0.39, 0.29) is 11.7 Å². The Labute approximate surface area is 164 Å². The molecular formula is C20H27N3O3S. The standard InChI is InChI=1S/C20H27N3O3S/c1-13(2)8-9-23(11-18-21-17(12-27-18)19(24)26-5)20(25)22-16-7-6-14(3)10-15(16)4/h6-7,10,12-13H,8-9,11H2,1-5H3,(H,22,25). The van der Waals surface area contributed by atoms with E-state index in [1.165, 1.54) is 18.4 Å². The number of aryl methyl sites for hydroxylation is 2. The molecule has 1 N–H and O–H groups in total. The number of amides is 2. The second kappa shape index (κ2) is 9.50. The van der Waals surface area contributed by atoms with Crippen LogP contribution in [0.15, 0.2) is 23.6 Å². The Morgan fingerprint density at radius 3 is 2.67 bits per heavy atom. The highest BCUT2D eigenvalue weighted by Crippen LogP contribution is 2.19. The number of carbonyl (C=O) groups is 2. The molecule has 0 saturated carbocycles. The molecule has 0 bridgehead atoms. The van der Waals surface area contributed by atoms with Crippen molar-refractivity contribution in [2.24, 2.45) is 5.92 Å². The number of ether oxygens (including phenoxy) is 1. The van der Waals surface area contributed by atoms with E-state index in [1.807, 2.05) is 32.0 Å². The van der Waals surface area contributed by atoms with Gasteiger partial charge < -0.3 is 15.0 Å². The van der Waals surface area contributed by atoms with Crippen LogP contribution in [-0.4, -0.2) is 35.5 Å². The summed E-state index contributed by atoms with van der Waals surface area (Å²) in [5.41, 5.74) is 3.25. The van der Waals surface area contributed by atoms with Crippen molar-refractivity contribution in [2.75, 3.05) is 19.0 Å². The molecule has 1 heterocycles. The number of nitrogens with one attached hydrogen (secondary N) is 1. The number of esters is 1. The van der Waals surface area contributed by atoms with Gasteiger partial charge >= 0.3 is 12.0 Å². The zero-order valence-corrected chi connectivity index (χ0v) is 17.4. The topological polar surface area (TPSA) is 71.5 Å². The molecule has 2 rings (SSSR count). The van der Waals surface area contributed by atoms with E-state index in [0.29, 0.717) is 24.0 Å². The Kier molecular flexibility index (Phi) is 7.36. The number of methoxy groups -OCH3 is 1. The highest BCUT2D eigenvalue weighted by atomic mass is 32.1. The SMILES string of the molecule is COC(=O)c1csc(CN(CCC(C)C)C(=O)Nc2ccc(C)cc2C)n1. The first-order valence-electron chi connectivity index (χ1n) is 8.96. The Morgan fingerprint density at radius 2 is 2.04 bits per heavy atom. The summed E-state index contributed by atoms with van der Waals surface area (Å²) in [5.74, 6) is 0.00861. The first-order valence-corrected chi connectivity index (χ1v) is 9.84. The van der Waals surface area contributed by atoms with Gasteiger partial charge in [-0.15, -0.1) is 11.3 Å². The van der Waals surface area contributed by atoms with Crippen LogP contribution in [0.3, 0.4) is 0 Å². The van der Waals surface area contributed by atoms with Crippen LogP contribution in [0.25, 0.3) is 0 Å². The van der Waals surface area contributed by atoms with Crippen molar-refractivity contribution in [3.05, 3.63) is 45.4 Å². The average Bonchev–Trinajstić information content (AvgIpc) is 3.08. The third-order valence-corrected chi connectivity index (χ3v) is 4.99. The van der Waals surface area contributed by atoms with Gasteiger partial charge in [-0.1, -0.05) is 31.5 Å². The van der Waals surface area contributed by atoms with Crippen LogP contribution in [0.2, 0.25) is 0 Å². The minimum absolute atomic E-state index is 0.169. The van der Waals surface area contributed by atoms with E-state index in [4.69, 9.17) is 4.74 Å². The molecule has 0 aliphatic heterocycles. The highest BCUT2D eigenvalue weighted by molar-refractivity contribution is 7.09. The van der Waals surface area contributed by atoms with E-state index in [2.05, 4.69) is 24.1 Å². The van der Waals surface area contributed by atoms with Gasteiger partial charge in [-0.05, 0) is 37.8 Å². The zero-order chi connectivity index (χ0) is 20.0. The van der Waals surface area contributed by atoms with Crippen molar-refractivity contribution in [1.82, 2.24) is 9.88 Å². The molecule has 1 aromatic carbocycles. The lowest BCUT2D eigenvalue weighted by atomic mass is 10.1. The summed E-state index contributed by atoms with van der Waals surface area (Å²) >= 11 is 1.35. The van der Waals surface area contributed by atoms with Crippen molar-refractivity contribution >= 4 is 29.0 Å². The molecule has 6 nitrogen and oxygen atoms in total. The van der Waals surface area contributed by atoms with Crippen molar-refractivity contribution in [3.8, 4) is 0 Å². The first kappa shape index (κ1) is 20.9. The molecule has 0 unspecified atom stereocenters. The molecule has 27 heavy (non-hydrogen) atoms. The summed E-state index contributed by atoms with van der Waals surface area (Å²) in [7, 11) is 1.33. The van der Waals surface area contributed by atoms with Crippen LogP contribution in [0.1, 0.15) is 46.9 Å². The average molecular weight is 390 g/mol. The number of carbonyl (C=O) groups excluding carboxylic acids is 2. The summed E-state index contributed by atoms with van der Waals surface area (Å²) in [6.07, 6.45) is 0.884. The Hall–Kier alpha value is -2.41. The minimum atomic E-state index is -0.467. The lowest BCUT2D eigenvalue weighted by Gasteiger charge is -2.23. The van der Waals surface area contributed by atoms with E-state index in [9.17, 15) is 9.59 Å². The van der Waals surface area contributed by atoms with Crippen molar-refractivity contribution in [1.29, 1.82) is 0 Å². The Morgan fingerprint density at radius 1 is 1.30 bits per heavy atom. The van der Waals surface area contributed by atoms with E-state index < -0.39 is 5.97 Å². The maximum atomic E-state index is 12.9. The first-order chi connectivity index (χ1) is 12.8. The largest absolute Gasteiger partial charge is 0.464 e. The highest BCUT2D eigenvalue weighted by Gasteiger charge is 2.18. The summed E-state index contributed by atoms with van der Waals surface area (Å²) in [4.78, 5) is 30.5. The third kappa shape index (κ3) is 6.06. The van der Waals surface area contributed by atoms with Crippen molar-refractivity contribution in [2.45, 2.75) is 40.7 Å². The van der Waals surface area contributed by atoms with Crippen LogP contribution in [0.4, 0.5) is 10.5 Å². The van der Waals surface area contributed by atoms with Crippen molar-refractivity contribution < 1.29 is 14.3 Å². The van der Waals surface area contributed by atoms with Gasteiger partial charge in [-0.3, -0.25) is 0 Å². The maximum Gasteiger partial charge on any atom is 0.357 e. The number of thiazole rings is 1. The van der Waals surface area contributed by atoms with Gasteiger partial charge in [0.25, 0.3) is 0 Å². The lowest BCUT2D eigenvalue weighted by Crippen LogP contribution is -2.36. The van der Waals surface area contributed by atoms with Crippen molar-refractivity contribution in [3.63, 3.8) is 0 Å². The van der Waals surface area contributed by atoms with Crippen LogP contribution in [0.5, 0.6) is 0 Å². The number of anilines is 1. The molecule has 2 amide bonds. The molecular weight excluding hydrogens is 362 g/mol. The van der Waals surface area contributed by atoms with Gasteiger partial charge in [0.2, 0.25) is 0 Å². The number of rotatable bonds is 7. The normalized spacial score (nSPS) is 10.7. The third-order valence-electron chi connectivity index (χ3n) is 4.16. The predicted molar refractivity (Wildman–Crippen MR) is 108 cm³/mol. The predicted octanol–water partition coefficient (Wildman–Crippen LogP) is 4.63. The number of benzene rings is 1. The second-order valence-electron chi connectivity index (χ2n) is 6.97. The van der Waals surface area contributed by atoms with E-state index in [0.717, 1.165) is 23.2 Å². The maximum absolute atomic E-state index is 12.9. The van der Waals surface area contributed by atoms with Gasteiger partial charge in [0.05, 0.1) is 13.7 Å². The number of hydrogen-bond donors (Lipinski definition) is 1. The number of urea groups is 1. The van der Waals surface area contributed by atoms with Gasteiger partial charge in [0.15, 0.2) is 5.69 Å². The molecule has 0 spiro atoms. The number of hydrogen-bond acceptors (Lipinski definition) is 5. The molecule has 0 aliphatic rings. The fraction of sp³-hybridized carbons (Fsp3) is 0.450. The van der Waals surface area contributed by atoms with E-state index >= 15 is 0 Å². The van der Waals surface area contributed by atoms with Gasteiger partial charge in [0, 0.05) is 17.6 Å². The quantitative estimate of drug-likeness (QED) is 0.701. The van der Waals surface area contributed by atoms with Crippen LogP contribution < -0.4 is 5.32 Å². The summed E-state index contributed by atoms with van der Waals surface area (Å²) in [5, 5.41) is 5.35. The molecule has 0 fully saturated rings. The fourth-order valence-electron chi connectivity index (χ4n) is 2.56. The fourth-order valence-corrected chi connectivity index (χ4v) is 3.34. The molecule has 146 valence electrons. The summed E-state index contributed by atoms with van der Waals surface area (Å²) in [6.45, 7) is 9.21. The summed E-state index contributed by atoms with van der Waals surface area (Å²) < 4.78 is 4.70. The molecule has 0 atom stereocenters. The monoisotopic (exact) mass is 389 g/mol. The minimum Gasteiger partial charge on any atom is -0.464 e. The second-order valence-corrected chi connectivity index (χ2v) is 7.91. The van der Waals surface area contributed by atoms with E-state index in [1.54, 1.807) is 10.3 Å². The van der Waals surface area contributed by atoms with Gasteiger partial charge in [-0.2, -0.15) is 0 Å². The van der Waals surface area contributed by atoms with Gasteiger partial charge in [-0.25, -0.2) is 14.6 Å². The molecule has 2 aromatic rings. The van der Waals surface area contributed by atoms with Crippen LogP contribution in [-0.2, 0) is 11.3 Å². The zero-order valence-electron chi connectivity index (χ0n) is 16.5. The van der Waals surface area contributed by atoms with Gasteiger partial charge in [0.1, 0.15) is 5.01 Å². The lowest BCUT2D eigenvalue weighted by molar-refractivity contribution is 0.0594. The molecule has 1 aromatic heterocycles.